The Morgan fingerprint density at radius 1 is 1.18 bits per heavy atom. The number of morpholine rings is 1. The quantitative estimate of drug-likeness (QED) is 0.756. The molecule has 1 aliphatic heterocycles. The maximum absolute atomic E-state index is 12.9. The molecule has 0 saturated carbocycles. The number of ether oxygens (including phenoxy) is 1. The molecular formula is C19H29N3O5S. The second-order valence-corrected chi connectivity index (χ2v) is 9.43. The average Bonchev–Trinajstić information content (AvgIpc) is 2.59. The topological polar surface area (TPSA) is 96.0 Å². The van der Waals surface area contributed by atoms with Crippen LogP contribution in [0.2, 0.25) is 0 Å². The molecule has 9 heteroatoms. The Bertz CT molecular complexity index is 797. The molecule has 1 aromatic rings. The average molecular weight is 412 g/mol. The van der Waals surface area contributed by atoms with Crippen LogP contribution in [-0.2, 0) is 19.6 Å². The Labute approximate surface area is 166 Å². The lowest BCUT2D eigenvalue weighted by atomic mass is 10.2. The van der Waals surface area contributed by atoms with E-state index in [9.17, 15) is 18.0 Å². The van der Waals surface area contributed by atoms with Gasteiger partial charge >= 0.3 is 0 Å². The highest BCUT2D eigenvalue weighted by atomic mass is 32.2. The van der Waals surface area contributed by atoms with Gasteiger partial charge in [0.1, 0.15) is 0 Å². The third-order valence-electron chi connectivity index (χ3n) is 4.30. The summed E-state index contributed by atoms with van der Waals surface area (Å²) in [5, 5.41) is 2.72. The van der Waals surface area contributed by atoms with E-state index in [1.807, 2.05) is 27.7 Å². The zero-order valence-electron chi connectivity index (χ0n) is 17.0. The summed E-state index contributed by atoms with van der Waals surface area (Å²) >= 11 is 0. The van der Waals surface area contributed by atoms with Crippen LogP contribution in [0.5, 0.6) is 0 Å². The first-order chi connectivity index (χ1) is 13.0. The number of benzene rings is 1. The lowest BCUT2D eigenvalue weighted by Crippen LogP contribution is -2.48. The van der Waals surface area contributed by atoms with Crippen LogP contribution in [0.25, 0.3) is 0 Å². The summed E-state index contributed by atoms with van der Waals surface area (Å²) in [6.07, 6.45) is -0.352. The minimum Gasteiger partial charge on any atom is -0.373 e. The zero-order valence-corrected chi connectivity index (χ0v) is 17.8. The van der Waals surface area contributed by atoms with E-state index in [0.29, 0.717) is 18.7 Å². The largest absolute Gasteiger partial charge is 0.373 e. The van der Waals surface area contributed by atoms with E-state index in [1.54, 1.807) is 0 Å². The fourth-order valence-electron chi connectivity index (χ4n) is 3.12. The van der Waals surface area contributed by atoms with Gasteiger partial charge < -0.3 is 15.0 Å². The predicted octanol–water partition coefficient (Wildman–Crippen LogP) is 1.08. The van der Waals surface area contributed by atoms with Crippen LogP contribution < -0.4 is 5.32 Å². The number of nitrogens with one attached hydrogen (secondary N) is 1. The van der Waals surface area contributed by atoms with E-state index in [0.717, 1.165) is 0 Å². The molecule has 0 spiro atoms. The first-order valence-corrected chi connectivity index (χ1v) is 10.7. The number of nitrogens with zero attached hydrogens (tertiary/aromatic N) is 2. The Balaban J connectivity index is 2.09. The van der Waals surface area contributed by atoms with Crippen molar-refractivity contribution < 1.29 is 22.7 Å². The van der Waals surface area contributed by atoms with E-state index in [-0.39, 0.29) is 41.5 Å². The van der Waals surface area contributed by atoms with Gasteiger partial charge in [-0.15, -0.1) is 0 Å². The van der Waals surface area contributed by atoms with Gasteiger partial charge in [-0.1, -0.05) is 0 Å². The number of likely N-dealkylation sites (N-methyl/N-ethyl adjacent to an activating group) is 1. The molecule has 0 radical (unpaired) electrons. The predicted molar refractivity (Wildman–Crippen MR) is 105 cm³/mol. The van der Waals surface area contributed by atoms with Gasteiger partial charge in [0.25, 0.3) is 5.91 Å². The summed E-state index contributed by atoms with van der Waals surface area (Å²) in [7, 11) is -2.13. The Hall–Kier alpha value is -1.97. The van der Waals surface area contributed by atoms with Crippen LogP contribution in [0, 0.1) is 0 Å². The number of carbonyl (C=O) groups excluding carboxylic acids is 2. The van der Waals surface area contributed by atoms with Crippen LogP contribution >= 0.6 is 0 Å². The van der Waals surface area contributed by atoms with Gasteiger partial charge in [0.05, 0.1) is 23.6 Å². The van der Waals surface area contributed by atoms with Crippen molar-refractivity contribution in [2.75, 3.05) is 26.7 Å². The number of hydrogen-bond acceptors (Lipinski definition) is 5. The van der Waals surface area contributed by atoms with Crippen molar-refractivity contribution in [1.82, 2.24) is 14.5 Å². The maximum Gasteiger partial charge on any atom is 0.254 e. The molecule has 1 aromatic carbocycles. The SMILES string of the molecule is CC(C)NC(=O)CN(C)C(=O)c1ccc(S(=O)(=O)N2C[C@@H](C)O[C@@H](C)C2)cc1. The van der Waals surface area contributed by atoms with Crippen molar-refractivity contribution in [3.8, 4) is 0 Å². The number of amides is 2. The number of carbonyl (C=O) groups is 2. The third-order valence-corrected chi connectivity index (χ3v) is 6.15. The summed E-state index contributed by atoms with van der Waals surface area (Å²) in [4.78, 5) is 25.7. The highest BCUT2D eigenvalue weighted by Crippen LogP contribution is 2.21. The van der Waals surface area contributed by atoms with Gasteiger partial charge in [-0.2, -0.15) is 4.31 Å². The van der Waals surface area contributed by atoms with Crippen molar-refractivity contribution in [2.24, 2.45) is 0 Å². The van der Waals surface area contributed by atoms with E-state index < -0.39 is 10.0 Å². The number of sulfonamides is 1. The molecule has 0 unspecified atom stereocenters. The lowest BCUT2D eigenvalue weighted by Gasteiger charge is -2.34. The fraction of sp³-hybridized carbons (Fsp3) is 0.579. The van der Waals surface area contributed by atoms with Crippen LogP contribution in [0.1, 0.15) is 38.1 Å². The molecule has 0 aromatic heterocycles. The number of rotatable bonds is 6. The minimum atomic E-state index is -3.66. The minimum absolute atomic E-state index is 0.00823. The zero-order chi connectivity index (χ0) is 21.1. The van der Waals surface area contributed by atoms with E-state index in [1.165, 1.54) is 40.5 Å². The third kappa shape index (κ3) is 5.52. The summed E-state index contributed by atoms with van der Waals surface area (Å²) < 4.78 is 32.7. The second kappa shape index (κ2) is 9.02. The highest BCUT2D eigenvalue weighted by molar-refractivity contribution is 7.89. The van der Waals surface area contributed by atoms with Gasteiger partial charge in [0.15, 0.2) is 0 Å². The molecule has 2 amide bonds. The molecule has 2 rings (SSSR count). The molecule has 0 aliphatic carbocycles. The normalized spacial score (nSPS) is 20.8. The summed E-state index contributed by atoms with van der Waals surface area (Å²) in [6, 6.07) is 5.79. The van der Waals surface area contributed by atoms with Crippen LogP contribution in [-0.4, -0.2) is 74.4 Å². The monoisotopic (exact) mass is 411 g/mol. The summed E-state index contributed by atoms with van der Waals surface area (Å²) in [6.45, 7) is 7.88. The Morgan fingerprint density at radius 2 is 1.71 bits per heavy atom. The van der Waals surface area contributed by atoms with Gasteiger partial charge in [-0.25, -0.2) is 8.42 Å². The molecule has 1 saturated heterocycles. The molecule has 2 atom stereocenters. The van der Waals surface area contributed by atoms with Crippen LogP contribution in [0.15, 0.2) is 29.2 Å². The van der Waals surface area contributed by atoms with Crippen molar-refractivity contribution in [3.05, 3.63) is 29.8 Å². The summed E-state index contributed by atoms with van der Waals surface area (Å²) in [5.41, 5.74) is 0.322. The molecule has 28 heavy (non-hydrogen) atoms. The Morgan fingerprint density at radius 3 is 2.21 bits per heavy atom. The van der Waals surface area contributed by atoms with Crippen molar-refractivity contribution in [3.63, 3.8) is 0 Å². The van der Waals surface area contributed by atoms with E-state index >= 15 is 0 Å². The smallest absolute Gasteiger partial charge is 0.254 e. The van der Waals surface area contributed by atoms with Gasteiger partial charge in [-0.3, -0.25) is 9.59 Å². The van der Waals surface area contributed by atoms with Crippen molar-refractivity contribution in [1.29, 1.82) is 0 Å². The van der Waals surface area contributed by atoms with Crippen LogP contribution in [0.4, 0.5) is 0 Å². The first-order valence-electron chi connectivity index (χ1n) is 9.31. The van der Waals surface area contributed by atoms with Gasteiger partial charge in [0, 0.05) is 31.7 Å². The van der Waals surface area contributed by atoms with Crippen molar-refractivity contribution in [2.45, 2.75) is 50.8 Å². The van der Waals surface area contributed by atoms with E-state index in [4.69, 9.17) is 4.74 Å². The van der Waals surface area contributed by atoms with Gasteiger partial charge in [0.2, 0.25) is 15.9 Å². The summed E-state index contributed by atoms with van der Waals surface area (Å²) in [5.74, 6) is -0.600. The molecule has 1 fully saturated rings. The molecular weight excluding hydrogens is 382 g/mol. The lowest BCUT2D eigenvalue weighted by molar-refractivity contribution is -0.122. The number of hydrogen-bond donors (Lipinski definition) is 1. The maximum atomic E-state index is 12.9. The highest BCUT2D eigenvalue weighted by Gasteiger charge is 2.32. The van der Waals surface area contributed by atoms with Crippen molar-refractivity contribution >= 4 is 21.8 Å². The standard InChI is InChI=1S/C19H29N3O5S/c1-13(2)20-18(23)12-21(5)19(24)16-6-8-17(9-7-16)28(25,26)22-10-14(3)27-15(4)11-22/h6-9,13-15H,10-12H2,1-5H3,(H,20,23)/t14-,15+. The van der Waals surface area contributed by atoms with E-state index in [2.05, 4.69) is 5.32 Å². The molecule has 1 N–H and O–H groups in total. The molecule has 1 heterocycles. The fourth-order valence-corrected chi connectivity index (χ4v) is 4.71. The first kappa shape index (κ1) is 22.3. The van der Waals surface area contributed by atoms with Crippen LogP contribution in [0.3, 0.4) is 0 Å². The van der Waals surface area contributed by atoms with Gasteiger partial charge in [-0.05, 0) is 52.0 Å². The molecule has 156 valence electrons. The second-order valence-electron chi connectivity index (χ2n) is 7.49. The molecule has 1 aliphatic rings. The molecule has 0 bridgehead atoms. The Kier molecular flexibility index (Phi) is 7.19. The molecule has 8 nitrogen and oxygen atoms in total.